The number of sulfonamides is 1. The number of nitrogens with zero attached hydrogens (tertiary/aromatic N) is 2. The van der Waals surface area contributed by atoms with Crippen LogP contribution in [0.5, 0.6) is 0 Å². The van der Waals surface area contributed by atoms with Gasteiger partial charge >= 0.3 is 0 Å². The zero-order valence-corrected chi connectivity index (χ0v) is 25.4. The maximum absolute atomic E-state index is 15.0. The summed E-state index contributed by atoms with van der Waals surface area (Å²) in [7, 11) is -4.36. The van der Waals surface area contributed by atoms with Crippen molar-refractivity contribution in [3.05, 3.63) is 132 Å². The molecule has 0 aromatic heterocycles. The van der Waals surface area contributed by atoms with Crippen molar-refractivity contribution in [3.63, 3.8) is 0 Å². The fourth-order valence-corrected chi connectivity index (χ4v) is 6.08. The molecule has 230 valence electrons. The predicted molar refractivity (Wildman–Crippen MR) is 166 cm³/mol. The van der Waals surface area contributed by atoms with Crippen LogP contribution in [0.3, 0.4) is 0 Å². The Morgan fingerprint density at radius 1 is 0.818 bits per heavy atom. The Balaban J connectivity index is 1.80. The van der Waals surface area contributed by atoms with Gasteiger partial charge in [0.1, 0.15) is 24.2 Å². The van der Waals surface area contributed by atoms with Gasteiger partial charge < -0.3 is 10.2 Å². The summed E-state index contributed by atoms with van der Waals surface area (Å²) in [6.07, 6.45) is 0.752. The first-order valence-corrected chi connectivity index (χ1v) is 15.7. The van der Waals surface area contributed by atoms with Crippen molar-refractivity contribution in [1.29, 1.82) is 0 Å². The van der Waals surface area contributed by atoms with Crippen LogP contribution in [-0.4, -0.2) is 43.8 Å². The molecule has 4 rings (SSSR count). The molecule has 7 nitrogen and oxygen atoms in total. The third-order valence-corrected chi connectivity index (χ3v) is 9.08. The van der Waals surface area contributed by atoms with E-state index < -0.39 is 46.1 Å². The molecule has 0 heterocycles. The van der Waals surface area contributed by atoms with Crippen LogP contribution in [0, 0.1) is 11.6 Å². The van der Waals surface area contributed by atoms with Crippen LogP contribution in [0.1, 0.15) is 31.4 Å². The normalized spacial score (nSPS) is 12.6. The Hall–Kier alpha value is -4.57. The summed E-state index contributed by atoms with van der Waals surface area (Å²) in [5.41, 5.74) is 1.13. The first-order chi connectivity index (χ1) is 21.1. The highest BCUT2D eigenvalue weighted by Crippen LogP contribution is 2.25. The lowest BCUT2D eigenvalue weighted by molar-refractivity contribution is -0.140. The van der Waals surface area contributed by atoms with Crippen LogP contribution in [0.15, 0.2) is 114 Å². The number of para-hydroxylation sites is 1. The molecule has 0 saturated carbocycles. The SMILES string of the molecule is CC[C@H](C)NC(=O)[C@@H](Cc1ccccc1)N(Cc1ccccc1F)C(=O)CN(c1ccccc1)S(=O)(=O)c1ccc(F)cc1. The van der Waals surface area contributed by atoms with E-state index in [-0.39, 0.29) is 35.2 Å². The van der Waals surface area contributed by atoms with Gasteiger partial charge in [0.25, 0.3) is 10.0 Å². The summed E-state index contributed by atoms with van der Waals surface area (Å²) in [4.78, 5) is 29.1. The molecular weight excluding hydrogens is 584 g/mol. The van der Waals surface area contributed by atoms with Crippen LogP contribution >= 0.6 is 0 Å². The number of benzene rings is 4. The van der Waals surface area contributed by atoms with E-state index in [0.717, 1.165) is 34.1 Å². The highest BCUT2D eigenvalue weighted by atomic mass is 32.2. The number of rotatable bonds is 13. The molecule has 0 aliphatic heterocycles. The van der Waals surface area contributed by atoms with E-state index in [1.165, 1.54) is 35.2 Å². The lowest BCUT2D eigenvalue weighted by Crippen LogP contribution is -2.54. The van der Waals surface area contributed by atoms with E-state index in [1.54, 1.807) is 24.3 Å². The third-order valence-electron chi connectivity index (χ3n) is 7.30. The first kappa shape index (κ1) is 32.3. The highest BCUT2D eigenvalue weighted by molar-refractivity contribution is 7.92. The molecule has 0 unspecified atom stereocenters. The molecule has 0 fully saturated rings. The van der Waals surface area contributed by atoms with Gasteiger partial charge in [-0.15, -0.1) is 0 Å². The third kappa shape index (κ3) is 8.08. The maximum Gasteiger partial charge on any atom is 0.264 e. The average Bonchev–Trinajstić information content (AvgIpc) is 3.03. The Labute approximate surface area is 257 Å². The van der Waals surface area contributed by atoms with Crippen molar-refractivity contribution in [2.75, 3.05) is 10.8 Å². The zero-order chi connectivity index (χ0) is 31.7. The number of carbonyl (C=O) groups excluding carboxylic acids is 2. The summed E-state index contributed by atoms with van der Waals surface area (Å²) in [5.74, 6) is -2.34. The van der Waals surface area contributed by atoms with Crippen molar-refractivity contribution < 1.29 is 26.8 Å². The second-order valence-corrected chi connectivity index (χ2v) is 12.3. The van der Waals surface area contributed by atoms with Gasteiger partial charge in [0.05, 0.1) is 10.6 Å². The number of amides is 2. The average molecular weight is 620 g/mol. The Morgan fingerprint density at radius 2 is 1.41 bits per heavy atom. The fourth-order valence-electron chi connectivity index (χ4n) is 4.66. The molecule has 0 radical (unpaired) electrons. The Bertz CT molecular complexity index is 1650. The van der Waals surface area contributed by atoms with Gasteiger partial charge in [-0.3, -0.25) is 13.9 Å². The highest BCUT2D eigenvalue weighted by Gasteiger charge is 2.35. The molecular formula is C34H35F2N3O4S. The summed E-state index contributed by atoms with van der Waals surface area (Å²) in [6, 6.07) is 26.1. The lowest BCUT2D eigenvalue weighted by atomic mass is 10.0. The summed E-state index contributed by atoms with van der Waals surface area (Å²) in [5, 5.41) is 2.94. The van der Waals surface area contributed by atoms with Crippen molar-refractivity contribution in [1.82, 2.24) is 10.2 Å². The molecule has 2 amide bonds. The molecule has 2 atom stereocenters. The topological polar surface area (TPSA) is 86.8 Å². The van der Waals surface area contributed by atoms with E-state index >= 15 is 0 Å². The van der Waals surface area contributed by atoms with Gasteiger partial charge in [-0.25, -0.2) is 17.2 Å². The summed E-state index contributed by atoms with van der Waals surface area (Å²) in [6.45, 7) is 2.78. The van der Waals surface area contributed by atoms with Crippen molar-refractivity contribution in [2.24, 2.45) is 0 Å². The maximum atomic E-state index is 15.0. The zero-order valence-electron chi connectivity index (χ0n) is 24.6. The predicted octanol–water partition coefficient (Wildman–Crippen LogP) is 5.71. The van der Waals surface area contributed by atoms with E-state index in [4.69, 9.17) is 0 Å². The largest absolute Gasteiger partial charge is 0.352 e. The van der Waals surface area contributed by atoms with Crippen molar-refractivity contribution in [3.8, 4) is 0 Å². The minimum Gasteiger partial charge on any atom is -0.352 e. The molecule has 44 heavy (non-hydrogen) atoms. The van der Waals surface area contributed by atoms with Crippen LogP contribution in [0.25, 0.3) is 0 Å². The van der Waals surface area contributed by atoms with Crippen LogP contribution in [-0.2, 0) is 32.6 Å². The number of hydrogen-bond donors (Lipinski definition) is 1. The standard InChI is InChI=1S/C34H35F2N3O4S/c1-3-25(2)37-34(41)32(22-26-12-6-4-7-13-26)38(23-27-14-10-11-17-31(27)36)33(40)24-39(29-15-8-5-9-16-29)44(42,43)30-20-18-28(35)19-21-30/h4-21,25,32H,3,22-24H2,1-2H3,(H,37,41)/t25-,32+/m0/s1. The van der Waals surface area contributed by atoms with Gasteiger partial charge in [0.2, 0.25) is 11.8 Å². The van der Waals surface area contributed by atoms with Gasteiger partial charge in [0.15, 0.2) is 0 Å². The second-order valence-electron chi connectivity index (χ2n) is 10.4. The fraction of sp³-hybridized carbons (Fsp3) is 0.235. The van der Waals surface area contributed by atoms with Gasteiger partial charge in [-0.05, 0) is 61.4 Å². The number of anilines is 1. The van der Waals surface area contributed by atoms with E-state index in [1.807, 2.05) is 44.2 Å². The Kier molecular flexibility index (Phi) is 10.8. The van der Waals surface area contributed by atoms with Crippen LogP contribution < -0.4 is 9.62 Å². The van der Waals surface area contributed by atoms with E-state index in [9.17, 15) is 26.8 Å². The summed E-state index contributed by atoms with van der Waals surface area (Å²) >= 11 is 0. The van der Waals surface area contributed by atoms with E-state index in [2.05, 4.69) is 5.32 Å². The van der Waals surface area contributed by atoms with Crippen molar-refractivity contribution >= 4 is 27.5 Å². The molecule has 10 heteroatoms. The molecule has 4 aromatic carbocycles. The van der Waals surface area contributed by atoms with Gasteiger partial charge in [0, 0.05) is 24.6 Å². The summed E-state index contributed by atoms with van der Waals surface area (Å²) < 4.78 is 57.3. The van der Waals surface area contributed by atoms with Crippen LogP contribution in [0.4, 0.5) is 14.5 Å². The molecule has 0 aliphatic rings. The quantitative estimate of drug-likeness (QED) is 0.208. The van der Waals surface area contributed by atoms with Crippen molar-refractivity contribution in [2.45, 2.75) is 50.2 Å². The molecule has 0 aliphatic carbocycles. The second kappa shape index (κ2) is 14.7. The Morgan fingerprint density at radius 3 is 2.02 bits per heavy atom. The molecule has 0 spiro atoms. The number of hydrogen-bond acceptors (Lipinski definition) is 4. The number of carbonyl (C=O) groups is 2. The molecule has 0 bridgehead atoms. The van der Waals surface area contributed by atoms with Gasteiger partial charge in [-0.2, -0.15) is 0 Å². The monoisotopic (exact) mass is 619 g/mol. The molecule has 1 N–H and O–H groups in total. The molecule has 0 saturated heterocycles. The molecule has 4 aromatic rings. The smallest absolute Gasteiger partial charge is 0.264 e. The minimum atomic E-state index is -4.36. The number of nitrogens with one attached hydrogen (secondary N) is 1. The lowest BCUT2D eigenvalue weighted by Gasteiger charge is -2.34. The van der Waals surface area contributed by atoms with Gasteiger partial charge in [-0.1, -0.05) is 73.7 Å². The number of halogens is 2. The minimum absolute atomic E-state index is 0.110. The van der Waals surface area contributed by atoms with Crippen LogP contribution in [0.2, 0.25) is 0 Å². The van der Waals surface area contributed by atoms with E-state index in [0.29, 0.717) is 6.42 Å². The first-order valence-electron chi connectivity index (χ1n) is 14.3.